The molecule has 1 heterocycles. The Labute approximate surface area is 136 Å². The second-order valence-electron chi connectivity index (χ2n) is 5.67. The molecule has 1 saturated heterocycles. The first-order valence-corrected chi connectivity index (χ1v) is 9.03. The summed E-state index contributed by atoms with van der Waals surface area (Å²) in [5.41, 5.74) is 0.123. The van der Waals surface area contributed by atoms with E-state index in [1.54, 1.807) is 6.07 Å². The van der Waals surface area contributed by atoms with Crippen LogP contribution in [0, 0.1) is 11.3 Å². The number of carbonyl (C=O) groups excluding carboxylic acids is 1. The van der Waals surface area contributed by atoms with Gasteiger partial charge in [-0.15, -0.1) is 0 Å². The van der Waals surface area contributed by atoms with Crippen molar-refractivity contribution < 1.29 is 17.9 Å². The summed E-state index contributed by atoms with van der Waals surface area (Å²) in [6.07, 6.45) is 1.81. The van der Waals surface area contributed by atoms with Gasteiger partial charge in [0.1, 0.15) is 6.07 Å². The third-order valence-corrected chi connectivity index (χ3v) is 5.89. The number of hydrogen-bond donors (Lipinski definition) is 0. The van der Waals surface area contributed by atoms with Crippen LogP contribution in [0.25, 0.3) is 0 Å². The van der Waals surface area contributed by atoms with Crippen molar-refractivity contribution in [3.05, 3.63) is 29.8 Å². The van der Waals surface area contributed by atoms with Gasteiger partial charge in [-0.3, -0.25) is 0 Å². The van der Waals surface area contributed by atoms with E-state index in [2.05, 4.69) is 0 Å². The number of hydrogen-bond acceptors (Lipinski definition) is 5. The van der Waals surface area contributed by atoms with E-state index in [-0.39, 0.29) is 16.5 Å². The van der Waals surface area contributed by atoms with Gasteiger partial charge in [-0.25, -0.2) is 13.2 Å². The second kappa shape index (κ2) is 7.11. The van der Waals surface area contributed by atoms with Crippen molar-refractivity contribution in [1.82, 2.24) is 4.31 Å². The quantitative estimate of drug-likeness (QED) is 0.787. The fourth-order valence-corrected chi connectivity index (χ4v) is 4.35. The molecule has 1 aliphatic heterocycles. The highest BCUT2D eigenvalue weighted by Gasteiger charge is 2.31. The van der Waals surface area contributed by atoms with Crippen molar-refractivity contribution >= 4 is 16.0 Å². The van der Waals surface area contributed by atoms with Crippen LogP contribution < -0.4 is 0 Å². The largest absolute Gasteiger partial charge is 0.444 e. The average Bonchev–Trinajstić information content (AvgIpc) is 2.55. The lowest BCUT2D eigenvalue weighted by Crippen LogP contribution is -2.41. The summed E-state index contributed by atoms with van der Waals surface area (Å²) in [4.78, 5) is 12.0. The highest BCUT2D eigenvalue weighted by molar-refractivity contribution is 7.89. The van der Waals surface area contributed by atoms with Gasteiger partial charge in [0.25, 0.3) is 0 Å². The number of rotatable bonds is 4. The standard InChI is InChI=1S/C16H20N2O4S/c1-12-6-3-4-9-18(12)23(20,21)15-8-5-7-14(10-15)16(19)22-13(2)11-17/h5,7-8,10,12-13H,3-4,6,9H2,1-2H3/t12-,13-/m0/s1. The number of nitriles is 1. The first-order chi connectivity index (χ1) is 10.9. The van der Waals surface area contributed by atoms with Gasteiger partial charge in [0.2, 0.25) is 10.0 Å². The van der Waals surface area contributed by atoms with E-state index in [4.69, 9.17) is 10.00 Å². The SMILES string of the molecule is C[C@@H](C#N)OC(=O)c1cccc(S(=O)(=O)N2CCCC[C@@H]2C)c1. The Kier molecular flexibility index (Phi) is 5.39. The van der Waals surface area contributed by atoms with Crippen LogP contribution in [-0.2, 0) is 14.8 Å². The molecule has 23 heavy (non-hydrogen) atoms. The summed E-state index contributed by atoms with van der Waals surface area (Å²) in [5, 5.41) is 8.68. The van der Waals surface area contributed by atoms with Crippen molar-refractivity contribution in [2.45, 2.75) is 50.2 Å². The van der Waals surface area contributed by atoms with E-state index in [0.29, 0.717) is 6.54 Å². The monoisotopic (exact) mass is 336 g/mol. The zero-order valence-electron chi connectivity index (χ0n) is 13.2. The summed E-state index contributed by atoms with van der Waals surface area (Å²) in [7, 11) is -3.64. The van der Waals surface area contributed by atoms with Crippen LogP contribution in [0.2, 0.25) is 0 Å². The lowest BCUT2D eigenvalue weighted by Gasteiger charge is -2.32. The molecule has 1 aliphatic rings. The topological polar surface area (TPSA) is 87.5 Å². The van der Waals surface area contributed by atoms with Gasteiger partial charge in [0.15, 0.2) is 6.10 Å². The summed E-state index contributed by atoms with van der Waals surface area (Å²) in [5.74, 6) is -0.706. The smallest absolute Gasteiger partial charge is 0.339 e. The predicted octanol–water partition coefficient (Wildman–Crippen LogP) is 2.32. The Morgan fingerprint density at radius 2 is 2.17 bits per heavy atom. The van der Waals surface area contributed by atoms with Gasteiger partial charge in [-0.1, -0.05) is 12.5 Å². The minimum Gasteiger partial charge on any atom is -0.444 e. The summed E-state index contributed by atoms with van der Waals surface area (Å²) < 4.78 is 31.9. The zero-order chi connectivity index (χ0) is 17.0. The molecular formula is C16H20N2O4S. The number of sulfonamides is 1. The maximum Gasteiger partial charge on any atom is 0.339 e. The number of esters is 1. The molecule has 124 valence electrons. The Hall–Kier alpha value is -1.91. The molecule has 2 atom stereocenters. The van der Waals surface area contributed by atoms with Crippen LogP contribution in [0.1, 0.15) is 43.5 Å². The van der Waals surface area contributed by atoms with Crippen molar-refractivity contribution in [2.24, 2.45) is 0 Å². The average molecular weight is 336 g/mol. The third kappa shape index (κ3) is 3.89. The van der Waals surface area contributed by atoms with E-state index in [1.165, 1.54) is 35.5 Å². The molecule has 0 unspecified atom stereocenters. The van der Waals surface area contributed by atoms with Gasteiger partial charge in [-0.05, 0) is 44.9 Å². The molecule has 2 rings (SSSR count). The molecule has 0 spiro atoms. The first kappa shape index (κ1) is 17.4. The molecule has 0 saturated carbocycles. The summed E-state index contributed by atoms with van der Waals surface area (Å²) >= 11 is 0. The van der Waals surface area contributed by atoms with Crippen LogP contribution in [0.4, 0.5) is 0 Å². The molecule has 1 aromatic carbocycles. The molecule has 6 nitrogen and oxygen atoms in total. The molecule has 7 heteroatoms. The highest BCUT2D eigenvalue weighted by Crippen LogP contribution is 2.25. The van der Waals surface area contributed by atoms with Gasteiger partial charge >= 0.3 is 5.97 Å². The van der Waals surface area contributed by atoms with E-state index >= 15 is 0 Å². The van der Waals surface area contributed by atoms with Crippen LogP contribution in [0.3, 0.4) is 0 Å². The van der Waals surface area contributed by atoms with Gasteiger partial charge in [-0.2, -0.15) is 9.57 Å². The Morgan fingerprint density at radius 1 is 1.43 bits per heavy atom. The number of carbonyl (C=O) groups is 1. The number of ether oxygens (including phenoxy) is 1. The minimum atomic E-state index is -3.64. The zero-order valence-corrected chi connectivity index (χ0v) is 14.0. The number of nitrogens with zero attached hydrogens (tertiary/aromatic N) is 2. The van der Waals surface area contributed by atoms with Crippen LogP contribution in [-0.4, -0.2) is 37.4 Å². The molecule has 0 N–H and O–H groups in total. The molecule has 0 aliphatic carbocycles. The Bertz CT molecular complexity index is 724. The third-order valence-electron chi connectivity index (χ3n) is 3.88. The summed E-state index contributed by atoms with van der Waals surface area (Å²) in [6, 6.07) is 7.51. The Morgan fingerprint density at radius 3 is 2.83 bits per heavy atom. The Balaban J connectivity index is 2.28. The minimum absolute atomic E-state index is 0.0528. The van der Waals surface area contributed by atoms with Crippen LogP contribution >= 0.6 is 0 Å². The van der Waals surface area contributed by atoms with Gasteiger partial charge < -0.3 is 4.74 Å². The highest BCUT2D eigenvalue weighted by atomic mass is 32.2. The first-order valence-electron chi connectivity index (χ1n) is 7.59. The molecule has 0 amide bonds. The van der Waals surface area contributed by atoms with Crippen molar-refractivity contribution in [2.75, 3.05) is 6.54 Å². The summed E-state index contributed by atoms with van der Waals surface area (Å²) in [6.45, 7) is 3.83. The van der Waals surface area contributed by atoms with Crippen LogP contribution in [0.15, 0.2) is 29.2 Å². The second-order valence-corrected chi connectivity index (χ2v) is 7.56. The molecule has 0 aromatic heterocycles. The number of benzene rings is 1. The van der Waals surface area contributed by atoms with Gasteiger partial charge in [0, 0.05) is 12.6 Å². The van der Waals surface area contributed by atoms with Crippen molar-refractivity contribution in [3.8, 4) is 6.07 Å². The molecule has 1 aromatic rings. The fraction of sp³-hybridized carbons (Fsp3) is 0.500. The predicted molar refractivity (Wildman–Crippen MR) is 84.1 cm³/mol. The van der Waals surface area contributed by atoms with Crippen LogP contribution in [0.5, 0.6) is 0 Å². The van der Waals surface area contributed by atoms with Crippen molar-refractivity contribution in [1.29, 1.82) is 5.26 Å². The molecule has 0 bridgehead atoms. The maximum absolute atomic E-state index is 12.8. The van der Waals surface area contributed by atoms with E-state index in [1.807, 2.05) is 6.92 Å². The fourth-order valence-electron chi connectivity index (χ4n) is 2.60. The molecule has 1 fully saturated rings. The molecular weight excluding hydrogens is 316 g/mol. The van der Waals surface area contributed by atoms with E-state index < -0.39 is 22.1 Å². The van der Waals surface area contributed by atoms with E-state index in [0.717, 1.165) is 19.3 Å². The van der Waals surface area contributed by atoms with Gasteiger partial charge in [0.05, 0.1) is 10.5 Å². The van der Waals surface area contributed by atoms with E-state index in [9.17, 15) is 13.2 Å². The maximum atomic E-state index is 12.8. The normalized spacial score (nSPS) is 20.5. The lowest BCUT2D eigenvalue weighted by atomic mass is 10.1. The number of piperidine rings is 1. The van der Waals surface area contributed by atoms with Crippen molar-refractivity contribution in [3.63, 3.8) is 0 Å². The molecule has 0 radical (unpaired) electrons. The lowest BCUT2D eigenvalue weighted by molar-refractivity contribution is 0.0435.